The van der Waals surface area contributed by atoms with Crippen LogP contribution < -0.4 is 5.73 Å². The molecular formula is C20H21NO4. The predicted octanol–water partition coefficient (Wildman–Crippen LogP) is 2.71. The standard InChI is InChI=1S/C20H21NO4/c21-20(19(24)25,17-11-15(17)18(22)23)12-16(13-7-3-1-4-8-13)14-9-5-2-6-10-14/h1-10,15-17H,11-12,21H2,(H,22,23)(H,24,25)/t15-,17-,20+/m1/s1. The number of aliphatic carboxylic acids is 2. The fourth-order valence-corrected chi connectivity index (χ4v) is 3.57. The smallest absolute Gasteiger partial charge is 0.324 e. The summed E-state index contributed by atoms with van der Waals surface area (Å²) in [6, 6.07) is 19.2. The summed E-state index contributed by atoms with van der Waals surface area (Å²) >= 11 is 0. The lowest BCUT2D eigenvalue weighted by Crippen LogP contribution is -2.52. The molecule has 0 saturated heterocycles. The van der Waals surface area contributed by atoms with E-state index >= 15 is 0 Å². The molecule has 4 N–H and O–H groups in total. The highest BCUT2D eigenvalue weighted by Crippen LogP contribution is 2.49. The number of carboxylic acid groups (broad SMARTS) is 2. The van der Waals surface area contributed by atoms with Crippen LogP contribution in [-0.4, -0.2) is 27.7 Å². The van der Waals surface area contributed by atoms with Crippen molar-refractivity contribution < 1.29 is 19.8 Å². The molecule has 5 nitrogen and oxygen atoms in total. The van der Waals surface area contributed by atoms with Crippen molar-refractivity contribution in [3.63, 3.8) is 0 Å². The highest BCUT2D eigenvalue weighted by Gasteiger charge is 2.58. The average molecular weight is 339 g/mol. The maximum Gasteiger partial charge on any atom is 0.324 e. The third-order valence-corrected chi connectivity index (χ3v) is 5.11. The molecule has 5 heteroatoms. The highest BCUT2D eigenvalue weighted by atomic mass is 16.4. The van der Waals surface area contributed by atoms with E-state index in [1.165, 1.54) is 0 Å². The molecule has 1 fully saturated rings. The van der Waals surface area contributed by atoms with Crippen LogP contribution in [0.4, 0.5) is 0 Å². The molecule has 0 unspecified atom stereocenters. The SMILES string of the molecule is N[C@](CC(c1ccccc1)c1ccccc1)(C(=O)O)[C@@H]1C[C@H]1C(=O)O. The molecule has 0 spiro atoms. The Morgan fingerprint density at radius 1 is 1.00 bits per heavy atom. The van der Waals surface area contributed by atoms with Gasteiger partial charge in [-0.05, 0) is 24.0 Å². The Morgan fingerprint density at radius 2 is 1.48 bits per heavy atom. The van der Waals surface area contributed by atoms with E-state index < -0.39 is 29.3 Å². The van der Waals surface area contributed by atoms with Gasteiger partial charge in [0.05, 0.1) is 5.92 Å². The van der Waals surface area contributed by atoms with E-state index in [9.17, 15) is 19.8 Å². The molecule has 0 heterocycles. The molecule has 1 saturated carbocycles. The second-order valence-corrected chi connectivity index (χ2v) is 6.71. The predicted molar refractivity (Wildman–Crippen MR) is 93.1 cm³/mol. The van der Waals surface area contributed by atoms with E-state index in [0.29, 0.717) is 6.42 Å². The van der Waals surface area contributed by atoms with Crippen LogP contribution in [0.2, 0.25) is 0 Å². The molecule has 0 aliphatic heterocycles. The Hall–Kier alpha value is -2.66. The van der Waals surface area contributed by atoms with Gasteiger partial charge < -0.3 is 15.9 Å². The second kappa shape index (κ2) is 6.69. The molecule has 1 aliphatic carbocycles. The number of rotatable bonds is 7. The van der Waals surface area contributed by atoms with Crippen LogP contribution in [0.3, 0.4) is 0 Å². The summed E-state index contributed by atoms with van der Waals surface area (Å²) in [6.45, 7) is 0. The first-order valence-electron chi connectivity index (χ1n) is 8.28. The molecule has 3 atom stereocenters. The molecule has 1 aliphatic rings. The lowest BCUT2D eigenvalue weighted by Gasteiger charge is -2.30. The van der Waals surface area contributed by atoms with E-state index in [1.54, 1.807) is 0 Å². The Kier molecular flexibility index (Phi) is 4.59. The molecule has 0 bridgehead atoms. The van der Waals surface area contributed by atoms with Gasteiger partial charge in [0.25, 0.3) is 0 Å². The summed E-state index contributed by atoms with van der Waals surface area (Å²) in [5.74, 6) is -3.54. The van der Waals surface area contributed by atoms with Gasteiger partial charge >= 0.3 is 11.9 Å². The van der Waals surface area contributed by atoms with Crippen LogP contribution >= 0.6 is 0 Å². The summed E-state index contributed by atoms with van der Waals surface area (Å²) in [7, 11) is 0. The zero-order valence-corrected chi connectivity index (χ0v) is 13.7. The van der Waals surface area contributed by atoms with Crippen molar-refractivity contribution in [2.24, 2.45) is 17.6 Å². The first-order valence-corrected chi connectivity index (χ1v) is 8.28. The van der Waals surface area contributed by atoms with Gasteiger partial charge in [-0.2, -0.15) is 0 Å². The lowest BCUT2D eigenvalue weighted by molar-refractivity contribution is -0.145. The van der Waals surface area contributed by atoms with Crippen LogP contribution in [0.15, 0.2) is 60.7 Å². The fraction of sp³-hybridized carbons (Fsp3) is 0.300. The molecule has 0 aromatic heterocycles. The second-order valence-electron chi connectivity index (χ2n) is 6.71. The van der Waals surface area contributed by atoms with Gasteiger partial charge in [-0.3, -0.25) is 9.59 Å². The van der Waals surface area contributed by atoms with Gasteiger partial charge in [0, 0.05) is 11.8 Å². The number of carboxylic acids is 2. The zero-order chi connectivity index (χ0) is 18.0. The zero-order valence-electron chi connectivity index (χ0n) is 13.7. The number of nitrogens with two attached hydrogens (primary N) is 1. The van der Waals surface area contributed by atoms with Crippen LogP contribution in [-0.2, 0) is 9.59 Å². The number of hydrogen-bond acceptors (Lipinski definition) is 3. The third kappa shape index (κ3) is 3.42. The van der Waals surface area contributed by atoms with Gasteiger partial charge in [0.1, 0.15) is 5.54 Å². The van der Waals surface area contributed by atoms with Crippen LogP contribution in [0.25, 0.3) is 0 Å². The molecular weight excluding hydrogens is 318 g/mol. The number of carbonyl (C=O) groups is 2. The van der Waals surface area contributed by atoms with Gasteiger partial charge in [0.2, 0.25) is 0 Å². The summed E-state index contributed by atoms with van der Waals surface area (Å²) in [5.41, 5.74) is 6.66. The highest BCUT2D eigenvalue weighted by molar-refractivity contribution is 5.83. The monoisotopic (exact) mass is 339 g/mol. The Labute approximate surface area is 146 Å². The van der Waals surface area contributed by atoms with Gasteiger partial charge in [-0.15, -0.1) is 0 Å². The molecule has 25 heavy (non-hydrogen) atoms. The van der Waals surface area contributed by atoms with Crippen molar-refractivity contribution in [1.82, 2.24) is 0 Å². The minimum absolute atomic E-state index is 0.158. The molecule has 0 amide bonds. The largest absolute Gasteiger partial charge is 0.481 e. The minimum Gasteiger partial charge on any atom is -0.481 e. The minimum atomic E-state index is -1.57. The van der Waals surface area contributed by atoms with E-state index in [0.717, 1.165) is 11.1 Å². The average Bonchev–Trinajstić information content (AvgIpc) is 3.42. The lowest BCUT2D eigenvalue weighted by atomic mass is 9.77. The van der Waals surface area contributed by atoms with E-state index in [4.69, 9.17) is 5.73 Å². The van der Waals surface area contributed by atoms with Crippen molar-refractivity contribution in [1.29, 1.82) is 0 Å². The molecule has 2 aromatic carbocycles. The quantitative estimate of drug-likeness (QED) is 0.720. The normalized spacial score (nSPS) is 21.5. The maximum absolute atomic E-state index is 12.0. The summed E-state index contributed by atoms with van der Waals surface area (Å²) in [6.07, 6.45) is 0.471. The fourth-order valence-electron chi connectivity index (χ4n) is 3.57. The molecule has 2 aromatic rings. The van der Waals surface area contributed by atoms with Crippen LogP contribution in [0.5, 0.6) is 0 Å². The van der Waals surface area contributed by atoms with Gasteiger partial charge in [0.15, 0.2) is 0 Å². The van der Waals surface area contributed by atoms with Crippen molar-refractivity contribution >= 4 is 11.9 Å². The third-order valence-electron chi connectivity index (χ3n) is 5.11. The van der Waals surface area contributed by atoms with Gasteiger partial charge in [-0.25, -0.2) is 0 Å². The van der Waals surface area contributed by atoms with Gasteiger partial charge in [-0.1, -0.05) is 60.7 Å². The maximum atomic E-state index is 12.0. The Bertz CT molecular complexity index is 722. The van der Waals surface area contributed by atoms with Crippen LogP contribution in [0.1, 0.15) is 29.9 Å². The van der Waals surface area contributed by atoms with E-state index in [1.807, 2.05) is 60.7 Å². The number of benzene rings is 2. The van der Waals surface area contributed by atoms with Crippen LogP contribution in [0, 0.1) is 11.8 Å². The Morgan fingerprint density at radius 3 is 1.84 bits per heavy atom. The topological polar surface area (TPSA) is 101 Å². The van der Waals surface area contributed by atoms with Crippen molar-refractivity contribution in [2.75, 3.05) is 0 Å². The first kappa shape index (κ1) is 17.2. The molecule has 130 valence electrons. The first-order chi connectivity index (χ1) is 11.9. The summed E-state index contributed by atoms with van der Waals surface area (Å²) in [5, 5.41) is 19.0. The van der Waals surface area contributed by atoms with Crippen molar-refractivity contribution in [3.8, 4) is 0 Å². The van der Waals surface area contributed by atoms with E-state index in [2.05, 4.69) is 0 Å². The molecule has 3 rings (SSSR count). The summed E-state index contributed by atoms with van der Waals surface area (Å²) in [4.78, 5) is 23.2. The van der Waals surface area contributed by atoms with Crippen molar-refractivity contribution in [2.45, 2.75) is 24.3 Å². The summed E-state index contributed by atoms with van der Waals surface area (Å²) < 4.78 is 0. The number of hydrogen-bond donors (Lipinski definition) is 3. The van der Waals surface area contributed by atoms with Crippen molar-refractivity contribution in [3.05, 3.63) is 71.8 Å². The van der Waals surface area contributed by atoms with E-state index in [-0.39, 0.29) is 12.3 Å². The molecule has 0 radical (unpaired) electrons. The Balaban J connectivity index is 1.96.